The molecule has 0 bridgehead atoms. The number of aliphatic carboxylic acids is 1. The van der Waals surface area contributed by atoms with E-state index in [0.29, 0.717) is 11.9 Å². The van der Waals surface area contributed by atoms with Crippen molar-refractivity contribution in [3.05, 3.63) is 22.1 Å². The number of hydrogen-bond donors (Lipinski definition) is 2. The van der Waals surface area contributed by atoms with E-state index in [9.17, 15) is 14.4 Å². The van der Waals surface area contributed by atoms with Crippen molar-refractivity contribution in [3.8, 4) is 0 Å². The molecule has 118 valence electrons. The van der Waals surface area contributed by atoms with Gasteiger partial charge in [0.2, 0.25) is 5.78 Å². The smallest absolute Gasteiger partial charge is 0.326 e. The summed E-state index contributed by atoms with van der Waals surface area (Å²) in [7, 11) is 1.31. The van der Waals surface area contributed by atoms with Gasteiger partial charge in [-0.2, -0.15) is 4.79 Å². The molecule has 1 heterocycles. The normalized spacial score (nSPS) is 12.8. The van der Waals surface area contributed by atoms with Gasteiger partial charge in [0.15, 0.2) is 6.10 Å². The van der Waals surface area contributed by atoms with E-state index in [4.69, 9.17) is 15.4 Å². The van der Waals surface area contributed by atoms with Crippen molar-refractivity contribution in [2.75, 3.05) is 7.11 Å². The highest BCUT2D eigenvalue weighted by Crippen LogP contribution is 2.17. The summed E-state index contributed by atoms with van der Waals surface area (Å²) in [5.74, 6) is -2.50. The van der Waals surface area contributed by atoms with Gasteiger partial charge >= 0.3 is 12.2 Å². The maximum atomic E-state index is 12.1. The number of aromatic nitrogens is 1. The molecular formula is C12H14N4O5S. The fraction of sp³-hybridized carbons (Fsp3) is 0.417. The van der Waals surface area contributed by atoms with Gasteiger partial charge < -0.3 is 20.7 Å². The van der Waals surface area contributed by atoms with Crippen LogP contribution < -0.4 is 5.32 Å². The van der Waals surface area contributed by atoms with E-state index in [1.807, 2.05) is 0 Å². The zero-order valence-corrected chi connectivity index (χ0v) is 12.4. The number of nitrogens with zero attached hydrogens (tertiary/aromatic N) is 3. The Morgan fingerprint density at radius 3 is 2.82 bits per heavy atom. The number of thiazole rings is 1. The fourth-order valence-corrected chi connectivity index (χ4v) is 2.20. The molecule has 1 aromatic rings. The van der Waals surface area contributed by atoms with Crippen molar-refractivity contribution in [3.63, 3.8) is 0 Å². The number of carboxylic acid groups (broad SMARTS) is 1. The molecule has 0 unspecified atom stereocenters. The van der Waals surface area contributed by atoms with Crippen LogP contribution in [0, 0.1) is 0 Å². The maximum Gasteiger partial charge on any atom is 0.326 e. The van der Waals surface area contributed by atoms with Crippen LogP contribution in [-0.2, 0) is 19.1 Å². The van der Waals surface area contributed by atoms with Crippen LogP contribution in [0.3, 0.4) is 0 Å². The van der Waals surface area contributed by atoms with Crippen molar-refractivity contribution in [1.29, 1.82) is 0 Å². The van der Waals surface area contributed by atoms with E-state index in [1.54, 1.807) is 5.38 Å². The summed E-state index contributed by atoms with van der Waals surface area (Å²) in [6.07, 6.45) is -0.675. The zero-order chi connectivity index (χ0) is 16.5. The molecule has 9 nitrogen and oxygen atoms in total. The Kier molecular flexibility index (Phi) is 7.03. The molecule has 0 saturated heterocycles. The maximum absolute atomic E-state index is 12.1. The minimum atomic E-state index is -1.28. The van der Waals surface area contributed by atoms with Gasteiger partial charge in [0.05, 0.1) is 11.2 Å². The third-order valence-corrected chi connectivity index (χ3v) is 3.29. The highest BCUT2D eigenvalue weighted by atomic mass is 32.1. The molecule has 0 aliphatic heterocycles. The van der Waals surface area contributed by atoms with Crippen LogP contribution in [0.2, 0.25) is 0 Å². The summed E-state index contributed by atoms with van der Waals surface area (Å²) in [5, 5.41) is 13.0. The van der Waals surface area contributed by atoms with Gasteiger partial charge in [0.25, 0.3) is 5.91 Å². The molecule has 0 aliphatic carbocycles. The predicted octanol–water partition coefficient (Wildman–Crippen LogP) is 0.0499. The zero-order valence-electron chi connectivity index (χ0n) is 11.6. The summed E-state index contributed by atoms with van der Waals surface area (Å²) >= 11 is 1.28. The number of carbonyl (C=O) groups excluding carboxylic acids is 2. The number of rotatable bonds is 9. The van der Waals surface area contributed by atoms with E-state index >= 15 is 0 Å². The molecule has 0 saturated carbocycles. The Bertz CT molecular complexity index is 582. The van der Waals surface area contributed by atoms with E-state index in [-0.39, 0.29) is 12.8 Å². The van der Waals surface area contributed by atoms with Gasteiger partial charge in [-0.1, -0.05) is 0 Å². The third-order valence-electron chi connectivity index (χ3n) is 2.69. The topological polar surface area (TPSA) is 142 Å². The van der Waals surface area contributed by atoms with Crippen molar-refractivity contribution < 1.29 is 29.0 Å². The highest BCUT2D eigenvalue weighted by molar-refractivity contribution is 7.07. The predicted molar refractivity (Wildman–Crippen MR) is 75.4 cm³/mol. The van der Waals surface area contributed by atoms with Gasteiger partial charge in [0, 0.05) is 18.9 Å². The third kappa shape index (κ3) is 5.17. The molecule has 0 aromatic carbocycles. The van der Waals surface area contributed by atoms with Crippen LogP contribution in [-0.4, -0.2) is 51.9 Å². The number of carbonyl (C=O) groups is 3. The van der Waals surface area contributed by atoms with Gasteiger partial charge in [-0.25, -0.2) is 9.78 Å². The highest BCUT2D eigenvalue weighted by Gasteiger charge is 2.27. The summed E-state index contributed by atoms with van der Waals surface area (Å²) in [6, 6.07) is -1.26. The number of methoxy groups -OCH3 is 1. The Morgan fingerprint density at radius 1 is 1.59 bits per heavy atom. The number of carboxylic acids is 1. The lowest BCUT2D eigenvalue weighted by Gasteiger charge is -2.17. The molecule has 22 heavy (non-hydrogen) atoms. The van der Waals surface area contributed by atoms with Gasteiger partial charge in [-0.3, -0.25) is 9.59 Å². The van der Waals surface area contributed by atoms with E-state index < -0.39 is 29.8 Å². The van der Waals surface area contributed by atoms with Crippen LogP contribution in [0.4, 0.5) is 0 Å². The molecule has 2 N–H and O–H groups in total. The molecular weight excluding hydrogens is 312 g/mol. The molecule has 10 heteroatoms. The van der Waals surface area contributed by atoms with Crippen molar-refractivity contribution >= 4 is 35.2 Å². The van der Waals surface area contributed by atoms with Crippen LogP contribution in [0.25, 0.3) is 5.53 Å². The lowest BCUT2D eigenvalue weighted by molar-refractivity contribution is -0.144. The van der Waals surface area contributed by atoms with Crippen LogP contribution in [0.1, 0.15) is 24.6 Å². The molecule has 0 radical (unpaired) electrons. The average molecular weight is 326 g/mol. The van der Waals surface area contributed by atoms with E-state index in [1.165, 1.54) is 24.0 Å². The van der Waals surface area contributed by atoms with Crippen molar-refractivity contribution in [2.45, 2.75) is 25.0 Å². The van der Waals surface area contributed by atoms with Crippen LogP contribution in [0.15, 0.2) is 10.9 Å². The molecule has 1 rings (SSSR count). The SMILES string of the molecule is CO[C@H](C(=O)N[C@@H](CCC(=O)C=[N+]=[N-])C(=O)O)c1cscn1. The summed E-state index contributed by atoms with van der Waals surface area (Å²) in [6.45, 7) is 0. The minimum Gasteiger partial charge on any atom is -0.480 e. The number of amides is 1. The molecule has 2 atom stereocenters. The summed E-state index contributed by atoms with van der Waals surface area (Å²) in [4.78, 5) is 40.9. The van der Waals surface area contributed by atoms with Crippen molar-refractivity contribution in [2.24, 2.45) is 0 Å². The standard InChI is InChI=1S/C12H14N4O5S/c1-21-10(9-5-22-6-14-9)11(18)16-8(12(19)20)3-2-7(17)4-15-13/h4-6,8,10H,2-3H2,1H3,(H,16,18)(H,19,20)/t8-,10-/m0/s1. The molecule has 0 fully saturated rings. The number of ketones is 1. The van der Waals surface area contributed by atoms with Gasteiger partial charge in [0.1, 0.15) is 6.04 Å². The summed E-state index contributed by atoms with van der Waals surface area (Å²) < 4.78 is 5.02. The Labute approximate surface area is 129 Å². The van der Waals surface area contributed by atoms with Gasteiger partial charge in [-0.05, 0) is 6.42 Å². The van der Waals surface area contributed by atoms with E-state index in [2.05, 4.69) is 15.1 Å². The first-order chi connectivity index (χ1) is 10.5. The monoisotopic (exact) mass is 326 g/mol. The van der Waals surface area contributed by atoms with E-state index in [0.717, 1.165) is 0 Å². The molecule has 0 spiro atoms. The molecule has 0 aliphatic rings. The Balaban J connectivity index is 2.69. The number of Topliss-reactive ketones (excluding diaryl/α,β-unsaturated/α-hetero) is 1. The second kappa shape index (κ2) is 8.78. The Morgan fingerprint density at radius 2 is 2.32 bits per heavy atom. The lowest BCUT2D eigenvalue weighted by Crippen LogP contribution is -2.43. The number of hydrogen-bond acceptors (Lipinski definition) is 6. The fourth-order valence-electron chi connectivity index (χ4n) is 1.63. The quantitative estimate of drug-likeness (QED) is 0.373. The summed E-state index contributed by atoms with van der Waals surface area (Å²) in [5.41, 5.74) is 10.1. The molecule has 1 aromatic heterocycles. The first-order valence-corrected chi connectivity index (χ1v) is 7.08. The lowest BCUT2D eigenvalue weighted by atomic mass is 10.1. The minimum absolute atomic E-state index is 0.139. The largest absolute Gasteiger partial charge is 0.480 e. The van der Waals surface area contributed by atoms with Crippen molar-refractivity contribution in [1.82, 2.24) is 10.3 Å². The van der Waals surface area contributed by atoms with Crippen LogP contribution >= 0.6 is 11.3 Å². The first-order valence-electron chi connectivity index (χ1n) is 6.14. The average Bonchev–Trinajstić information content (AvgIpc) is 2.98. The second-order valence-electron chi connectivity index (χ2n) is 4.18. The van der Waals surface area contributed by atoms with Gasteiger partial charge in [-0.15, -0.1) is 11.3 Å². The first kappa shape index (κ1) is 17.6. The van der Waals surface area contributed by atoms with Crippen LogP contribution in [0.5, 0.6) is 0 Å². The number of ether oxygens (including phenoxy) is 1. The number of nitrogens with one attached hydrogen (secondary N) is 1. The second-order valence-corrected chi connectivity index (χ2v) is 4.90. The Hall–Kier alpha value is -2.42. The molecule has 1 amide bonds.